The summed E-state index contributed by atoms with van der Waals surface area (Å²) >= 11 is 3.60. The molecule has 1 heterocycles. The van der Waals surface area contributed by atoms with Crippen molar-refractivity contribution in [2.75, 3.05) is 32.8 Å². The highest BCUT2D eigenvalue weighted by Crippen LogP contribution is 2.35. The number of nitrogens with zero attached hydrogens (tertiary/aromatic N) is 1. The molecule has 1 aromatic carbocycles. The molecular formula is C17H27BrCl2N2O. The van der Waals surface area contributed by atoms with E-state index < -0.39 is 0 Å². The van der Waals surface area contributed by atoms with Gasteiger partial charge in [-0.05, 0) is 38.5 Å². The molecule has 0 radical (unpaired) electrons. The molecule has 1 atom stereocenters. The van der Waals surface area contributed by atoms with E-state index in [2.05, 4.69) is 51.8 Å². The summed E-state index contributed by atoms with van der Waals surface area (Å²) in [4.78, 5) is 2.54. The molecule has 132 valence electrons. The molecule has 1 N–H and O–H groups in total. The first-order chi connectivity index (χ1) is 10.1. The third kappa shape index (κ3) is 6.63. The molecule has 0 aromatic heterocycles. The number of nitrogens with one attached hydrogen (secondary N) is 1. The van der Waals surface area contributed by atoms with Crippen molar-refractivity contribution in [3.05, 3.63) is 40.4 Å². The molecule has 1 aromatic rings. The Kier molecular flexibility index (Phi) is 11.2. The first kappa shape index (κ1) is 22.7. The van der Waals surface area contributed by atoms with Crippen LogP contribution in [0, 0.1) is 0 Å². The highest BCUT2D eigenvalue weighted by atomic mass is 79.9. The SMILES string of the molecule is C=C(C)C[C@H](c1cc(Br)ccc1OCC)N1CCNCC1.Cl.Cl. The minimum absolute atomic E-state index is 0. The first-order valence-corrected chi connectivity index (χ1v) is 8.42. The molecule has 3 nitrogen and oxygen atoms in total. The maximum absolute atomic E-state index is 5.85. The second kappa shape index (κ2) is 11.3. The van der Waals surface area contributed by atoms with Crippen LogP contribution in [-0.2, 0) is 0 Å². The van der Waals surface area contributed by atoms with Crippen LogP contribution in [0.15, 0.2) is 34.8 Å². The summed E-state index contributed by atoms with van der Waals surface area (Å²) in [5.74, 6) is 0.991. The average molecular weight is 426 g/mol. The quantitative estimate of drug-likeness (QED) is 0.673. The lowest BCUT2D eigenvalue weighted by Crippen LogP contribution is -2.45. The molecule has 0 bridgehead atoms. The van der Waals surface area contributed by atoms with Crippen LogP contribution in [0.25, 0.3) is 0 Å². The van der Waals surface area contributed by atoms with Crippen LogP contribution < -0.4 is 10.1 Å². The molecule has 1 saturated heterocycles. The molecular weight excluding hydrogens is 399 g/mol. The standard InChI is InChI=1S/C17H25BrN2O.2ClH/c1-4-21-17-6-5-14(18)12-15(17)16(11-13(2)3)20-9-7-19-8-10-20;;/h5-6,12,16,19H,2,4,7-11H2,1,3H3;2*1H/t16-;;/m1../s1. The fraction of sp³-hybridized carbons (Fsp3) is 0.529. The molecule has 6 heteroatoms. The Morgan fingerprint density at radius 1 is 1.35 bits per heavy atom. The number of hydrogen-bond acceptors (Lipinski definition) is 3. The molecule has 23 heavy (non-hydrogen) atoms. The molecule has 0 saturated carbocycles. The van der Waals surface area contributed by atoms with Crippen LogP contribution >= 0.6 is 40.7 Å². The van der Waals surface area contributed by atoms with Gasteiger partial charge in [0.15, 0.2) is 0 Å². The highest BCUT2D eigenvalue weighted by Gasteiger charge is 2.25. The summed E-state index contributed by atoms with van der Waals surface area (Å²) < 4.78 is 6.95. The largest absolute Gasteiger partial charge is 0.494 e. The van der Waals surface area contributed by atoms with Crippen LogP contribution in [0.3, 0.4) is 0 Å². The fourth-order valence-electron chi connectivity index (χ4n) is 2.83. The summed E-state index contributed by atoms with van der Waals surface area (Å²) in [6, 6.07) is 6.64. The van der Waals surface area contributed by atoms with Crippen LogP contribution in [0.2, 0.25) is 0 Å². The van der Waals surface area contributed by atoms with E-state index in [1.165, 1.54) is 11.1 Å². The zero-order valence-corrected chi connectivity index (χ0v) is 17.0. The summed E-state index contributed by atoms with van der Waals surface area (Å²) in [6.45, 7) is 13.2. The van der Waals surface area contributed by atoms with Gasteiger partial charge in [0.1, 0.15) is 5.75 Å². The molecule has 1 aliphatic heterocycles. The van der Waals surface area contributed by atoms with E-state index in [1.54, 1.807) is 0 Å². The van der Waals surface area contributed by atoms with Crippen molar-refractivity contribution >= 4 is 40.7 Å². The lowest BCUT2D eigenvalue weighted by atomic mass is 9.97. The van der Waals surface area contributed by atoms with Crippen LogP contribution in [0.1, 0.15) is 31.9 Å². The molecule has 0 aliphatic carbocycles. The number of ether oxygens (including phenoxy) is 1. The lowest BCUT2D eigenvalue weighted by Gasteiger charge is -2.36. The van der Waals surface area contributed by atoms with E-state index in [9.17, 15) is 0 Å². The predicted molar refractivity (Wildman–Crippen MR) is 106 cm³/mol. The van der Waals surface area contributed by atoms with Gasteiger partial charge in [-0.15, -0.1) is 31.4 Å². The second-order valence-corrected chi connectivity index (χ2v) is 6.49. The summed E-state index contributed by atoms with van der Waals surface area (Å²) in [6.07, 6.45) is 0.969. The highest BCUT2D eigenvalue weighted by molar-refractivity contribution is 9.10. The van der Waals surface area contributed by atoms with Crippen molar-refractivity contribution in [3.8, 4) is 5.75 Å². The molecule has 1 aliphatic rings. The number of hydrogen-bond donors (Lipinski definition) is 1. The minimum atomic E-state index is 0. The third-order valence-electron chi connectivity index (χ3n) is 3.76. The van der Waals surface area contributed by atoms with Gasteiger partial charge in [0.2, 0.25) is 0 Å². The molecule has 0 unspecified atom stereocenters. The average Bonchev–Trinajstić information content (AvgIpc) is 2.48. The van der Waals surface area contributed by atoms with Gasteiger partial charge in [-0.25, -0.2) is 0 Å². The zero-order valence-electron chi connectivity index (χ0n) is 13.8. The Morgan fingerprint density at radius 2 is 2.00 bits per heavy atom. The van der Waals surface area contributed by atoms with E-state index in [-0.39, 0.29) is 24.8 Å². The van der Waals surface area contributed by atoms with Gasteiger partial charge in [-0.2, -0.15) is 0 Å². The Labute approximate surface area is 160 Å². The normalized spacial score (nSPS) is 16.0. The van der Waals surface area contributed by atoms with E-state index in [4.69, 9.17) is 4.74 Å². The number of rotatable bonds is 6. The molecule has 1 fully saturated rings. The van der Waals surface area contributed by atoms with Crippen LogP contribution in [0.5, 0.6) is 5.75 Å². The van der Waals surface area contributed by atoms with Crippen molar-refractivity contribution in [1.82, 2.24) is 10.2 Å². The summed E-state index contributed by atoms with van der Waals surface area (Å²) in [5.41, 5.74) is 2.47. The Morgan fingerprint density at radius 3 is 2.57 bits per heavy atom. The zero-order chi connectivity index (χ0) is 15.2. The predicted octanol–water partition coefficient (Wildman–Crippen LogP) is 4.60. The maximum Gasteiger partial charge on any atom is 0.124 e. The van der Waals surface area contributed by atoms with Gasteiger partial charge in [0.25, 0.3) is 0 Å². The van der Waals surface area contributed by atoms with Crippen molar-refractivity contribution in [2.24, 2.45) is 0 Å². The van der Waals surface area contributed by atoms with Gasteiger partial charge < -0.3 is 10.1 Å². The molecule has 0 spiro atoms. The number of piperazine rings is 1. The van der Waals surface area contributed by atoms with Crippen molar-refractivity contribution in [1.29, 1.82) is 0 Å². The van der Waals surface area contributed by atoms with Gasteiger partial charge in [-0.3, -0.25) is 4.90 Å². The Bertz CT molecular complexity index is 493. The first-order valence-electron chi connectivity index (χ1n) is 7.63. The lowest BCUT2D eigenvalue weighted by molar-refractivity contribution is 0.168. The number of benzene rings is 1. The van der Waals surface area contributed by atoms with E-state index in [0.29, 0.717) is 12.6 Å². The van der Waals surface area contributed by atoms with Crippen molar-refractivity contribution < 1.29 is 4.74 Å². The summed E-state index contributed by atoms with van der Waals surface area (Å²) in [5, 5.41) is 3.42. The summed E-state index contributed by atoms with van der Waals surface area (Å²) in [7, 11) is 0. The molecule has 2 rings (SSSR count). The van der Waals surface area contributed by atoms with Gasteiger partial charge in [0.05, 0.1) is 6.61 Å². The van der Waals surface area contributed by atoms with Gasteiger partial charge in [0, 0.05) is 42.3 Å². The van der Waals surface area contributed by atoms with Gasteiger partial charge >= 0.3 is 0 Å². The van der Waals surface area contributed by atoms with E-state index in [1.807, 2.05) is 13.0 Å². The smallest absolute Gasteiger partial charge is 0.124 e. The van der Waals surface area contributed by atoms with Gasteiger partial charge in [-0.1, -0.05) is 21.5 Å². The van der Waals surface area contributed by atoms with Crippen molar-refractivity contribution in [3.63, 3.8) is 0 Å². The number of halogens is 3. The van der Waals surface area contributed by atoms with Crippen LogP contribution in [-0.4, -0.2) is 37.7 Å². The minimum Gasteiger partial charge on any atom is -0.494 e. The third-order valence-corrected chi connectivity index (χ3v) is 4.26. The Hall–Kier alpha value is -0.260. The topological polar surface area (TPSA) is 24.5 Å². The Balaban J connectivity index is 0.00000242. The van der Waals surface area contributed by atoms with Crippen LogP contribution in [0.4, 0.5) is 0 Å². The van der Waals surface area contributed by atoms with Crippen molar-refractivity contribution in [2.45, 2.75) is 26.3 Å². The fourth-order valence-corrected chi connectivity index (χ4v) is 3.21. The second-order valence-electron chi connectivity index (χ2n) is 5.58. The maximum atomic E-state index is 5.85. The van der Waals surface area contributed by atoms with E-state index in [0.717, 1.165) is 42.8 Å². The monoisotopic (exact) mass is 424 g/mol. The van der Waals surface area contributed by atoms with E-state index >= 15 is 0 Å². The molecule has 0 amide bonds.